The molecule has 0 spiro atoms. The van der Waals surface area contributed by atoms with E-state index in [-0.39, 0.29) is 12.1 Å². The van der Waals surface area contributed by atoms with Crippen molar-refractivity contribution in [3.63, 3.8) is 0 Å². The molecule has 0 unspecified atom stereocenters. The Hall–Kier alpha value is -1.62. The molecule has 0 amide bonds. The predicted molar refractivity (Wildman–Crippen MR) is 111 cm³/mol. The van der Waals surface area contributed by atoms with Crippen molar-refractivity contribution in [2.45, 2.75) is 44.7 Å². The lowest BCUT2D eigenvalue weighted by Gasteiger charge is -2.08. The van der Waals surface area contributed by atoms with Crippen LogP contribution in [0.5, 0.6) is 0 Å². The summed E-state index contributed by atoms with van der Waals surface area (Å²) in [4.78, 5) is 2.95. The van der Waals surface area contributed by atoms with Gasteiger partial charge in [-0.25, -0.2) is 13.1 Å². The van der Waals surface area contributed by atoms with Gasteiger partial charge in [-0.3, -0.25) is 0 Å². The number of aromatic nitrogens is 4. The van der Waals surface area contributed by atoms with E-state index >= 15 is 0 Å². The van der Waals surface area contributed by atoms with Crippen molar-refractivity contribution in [2.75, 3.05) is 0 Å². The smallest absolute Gasteiger partial charge is 0.209 e. The van der Waals surface area contributed by atoms with Crippen LogP contribution in [0.15, 0.2) is 51.1 Å². The Labute approximate surface area is 172 Å². The maximum Gasteiger partial charge on any atom is 0.240 e. The lowest BCUT2D eigenvalue weighted by atomic mass is 10.4. The van der Waals surface area contributed by atoms with E-state index in [1.165, 1.54) is 0 Å². The number of nitrogens with zero attached hydrogens (tertiary/aromatic N) is 4. The van der Waals surface area contributed by atoms with Gasteiger partial charge >= 0.3 is 0 Å². The number of halogens is 1. The molecule has 0 radical (unpaired) electrons. The zero-order valence-electron chi connectivity index (χ0n) is 15.5. The first-order chi connectivity index (χ1) is 12.7. The van der Waals surface area contributed by atoms with Gasteiger partial charge < -0.3 is 0 Å². The van der Waals surface area contributed by atoms with Crippen LogP contribution in [-0.2, 0) is 10.0 Å². The standard InChI is InChI=1S/C9H13NO2S.C8H9BrN4S/c1-8(2)10-13(11,12)9-6-4-3-5-7-9;1-5(2)13-11-8(10-12-13)6-3-4-7(9)14-6/h3-8,10H,1-2H3;3-5H,1-2H3. The lowest BCUT2D eigenvalue weighted by Crippen LogP contribution is -2.30. The third-order valence-corrected chi connectivity index (χ3v) is 6.42. The van der Waals surface area contributed by atoms with E-state index < -0.39 is 10.0 Å². The Bertz CT molecular complexity index is 953. The highest BCUT2D eigenvalue weighted by molar-refractivity contribution is 9.11. The fourth-order valence-corrected chi connectivity index (χ4v) is 4.54. The third-order valence-electron chi connectivity index (χ3n) is 3.13. The lowest BCUT2D eigenvalue weighted by molar-refractivity contribution is 0.455. The fourth-order valence-electron chi connectivity index (χ4n) is 1.95. The topological polar surface area (TPSA) is 89.8 Å². The number of tetrazole rings is 1. The maximum absolute atomic E-state index is 11.5. The Morgan fingerprint density at radius 2 is 1.74 bits per heavy atom. The highest BCUT2D eigenvalue weighted by Crippen LogP contribution is 2.28. The first-order valence-corrected chi connectivity index (χ1v) is 11.4. The van der Waals surface area contributed by atoms with Crippen LogP contribution in [0.1, 0.15) is 33.7 Å². The molecule has 0 atom stereocenters. The number of benzene rings is 1. The number of hydrogen-bond acceptors (Lipinski definition) is 6. The monoisotopic (exact) mass is 471 g/mol. The van der Waals surface area contributed by atoms with Crippen molar-refractivity contribution in [3.05, 3.63) is 46.3 Å². The van der Waals surface area contributed by atoms with Crippen LogP contribution in [-0.4, -0.2) is 34.7 Å². The summed E-state index contributed by atoms with van der Waals surface area (Å²) in [5, 5.41) is 12.2. The number of rotatable bonds is 5. The number of nitrogens with one attached hydrogen (secondary N) is 1. The van der Waals surface area contributed by atoms with Crippen LogP contribution in [0.2, 0.25) is 0 Å². The quantitative estimate of drug-likeness (QED) is 0.604. The number of hydrogen-bond donors (Lipinski definition) is 1. The molecule has 1 aromatic carbocycles. The van der Waals surface area contributed by atoms with Gasteiger partial charge in [0.25, 0.3) is 0 Å². The van der Waals surface area contributed by atoms with E-state index in [9.17, 15) is 8.42 Å². The van der Waals surface area contributed by atoms with Crippen LogP contribution in [0.25, 0.3) is 10.7 Å². The summed E-state index contributed by atoms with van der Waals surface area (Å²) >= 11 is 5.01. The molecule has 1 N–H and O–H groups in total. The first-order valence-electron chi connectivity index (χ1n) is 8.31. The number of sulfonamides is 1. The molecule has 0 fully saturated rings. The molecule has 2 aromatic heterocycles. The zero-order chi connectivity index (χ0) is 20.0. The number of thiophene rings is 1. The highest BCUT2D eigenvalue weighted by atomic mass is 79.9. The molecule has 0 aliphatic rings. The van der Waals surface area contributed by atoms with Crippen molar-refractivity contribution >= 4 is 37.3 Å². The largest absolute Gasteiger partial charge is 0.240 e. The predicted octanol–water partition coefficient (Wildman–Crippen LogP) is 4.12. The molecule has 0 aliphatic heterocycles. The SMILES string of the molecule is CC(C)NS(=O)(=O)c1ccccc1.CC(C)n1nnc(-c2ccc(Br)s2)n1. The molecule has 0 saturated carbocycles. The molecular formula is C17H22BrN5O2S2. The van der Waals surface area contributed by atoms with E-state index in [4.69, 9.17) is 0 Å². The average molecular weight is 472 g/mol. The first kappa shape index (κ1) is 21.7. The van der Waals surface area contributed by atoms with Crippen molar-refractivity contribution in [1.82, 2.24) is 24.9 Å². The maximum atomic E-state index is 11.5. The molecule has 3 rings (SSSR count). The second kappa shape index (κ2) is 9.54. The Morgan fingerprint density at radius 3 is 2.22 bits per heavy atom. The molecule has 27 heavy (non-hydrogen) atoms. The zero-order valence-corrected chi connectivity index (χ0v) is 18.7. The van der Waals surface area contributed by atoms with Crippen LogP contribution in [0.3, 0.4) is 0 Å². The van der Waals surface area contributed by atoms with Gasteiger partial charge in [0.1, 0.15) is 0 Å². The fraction of sp³-hybridized carbons (Fsp3) is 0.353. The summed E-state index contributed by atoms with van der Waals surface area (Å²) < 4.78 is 26.6. The van der Waals surface area contributed by atoms with Crippen molar-refractivity contribution in [2.24, 2.45) is 0 Å². The summed E-state index contributed by atoms with van der Waals surface area (Å²) in [6.07, 6.45) is 0. The van der Waals surface area contributed by atoms with E-state index in [0.29, 0.717) is 10.7 Å². The van der Waals surface area contributed by atoms with Gasteiger partial charge in [0.05, 0.1) is 19.6 Å². The van der Waals surface area contributed by atoms with Gasteiger partial charge in [0.2, 0.25) is 15.8 Å². The van der Waals surface area contributed by atoms with Crippen molar-refractivity contribution in [3.8, 4) is 10.7 Å². The second-order valence-electron chi connectivity index (χ2n) is 6.22. The summed E-state index contributed by atoms with van der Waals surface area (Å²) in [6, 6.07) is 12.5. The van der Waals surface area contributed by atoms with Crippen molar-refractivity contribution in [1.29, 1.82) is 0 Å². The second-order valence-corrected chi connectivity index (χ2v) is 10.4. The summed E-state index contributed by atoms with van der Waals surface area (Å²) in [6.45, 7) is 7.63. The van der Waals surface area contributed by atoms with Crippen LogP contribution < -0.4 is 4.72 Å². The molecule has 2 heterocycles. The molecular weight excluding hydrogens is 450 g/mol. The van der Waals surface area contributed by atoms with Gasteiger partial charge in [0.15, 0.2) is 0 Å². The summed E-state index contributed by atoms with van der Waals surface area (Å²) in [5.41, 5.74) is 0. The third kappa shape index (κ3) is 6.49. The minimum atomic E-state index is -3.31. The van der Waals surface area contributed by atoms with E-state index in [0.717, 1.165) is 8.66 Å². The molecule has 0 bridgehead atoms. The van der Waals surface area contributed by atoms with E-state index in [1.54, 1.807) is 60.3 Å². The van der Waals surface area contributed by atoms with Crippen molar-refractivity contribution < 1.29 is 8.42 Å². The highest BCUT2D eigenvalue weighted by Gasteiger charge is 2.13. The summed E-state index contributed by atoms with van der Waals surface area (Å²) in [7, 11) is -3.31. The molecule has 10 heteroatoms. The van der Waals surface area contributed by atoms with Crippen LogP contribution in [0.4, 0.5) is 0 Å². The van der Waals surface area contributed by atoms with E-state index in [1.807, 2.05) is 26.0 Å². The normalized spacial score (nSPS) is 11.5. The van der Waals surface area contributed by atoms with Crippen LogP contribution >= 0.6 is 27.3 Å². The van der Waals surface area contributed by atoms with Crippen LogP contribution in [0, 0.1) is 0 Å². The molecule has 0 saturated heterocycles. The van der Waals surface area contributed by atoms with Gasteiger partial charge in [-0.15, -0.1) is 21.5 Å². The van der Waals surface area contributed by atoms with Gasteiger partial charge in [-0.2, -0.15) is 4.80 Å². The minimum absolute atomic E-state index is 0.0785. The Kier molecular flexibility index (Phi) is 7.66. The molecule has 146 valence electrons. The minimum Gasteiger partial charge on any atom is -0.209 e. The van der Waals surface area contributed by atoms with E-state index in [2.05, 4.69) is 36.1 Å². The average Bonchev–Trinajstić information content (AvgIpc) is 3.24. The molecule has 0 aliphatic carbocycles. The Balaban J connectivity index is 0.000000194. The molecule has 3 aromatic rings. The Morgan fingerprint density at radius 1 is 1.07 bits per heavy atom. The van der Waals surface area contributed by atoms with Gasteiger partial charge in [-0.1, -0.05) is 18.2 Å². The van der Waals surface area contributed by atoms with Gasteiger partial charge in [-0.05, 0) is 73.1 Å². The summed E-state index contributed by atoms with van der Waals surface area (Å²) in [5.74, 6) is 0.689. The molecule has 7 nitrogen and oxygen atoms in total. The van der Waals surface area contributed by atoms with Gasteiger partial charge in [0, 0.05) is 6.04 Å².